The van der Waals surface area contributed by atoms with Crippen LogP contribution in [-0.4, -0.2) is 27.8 Å². The Labute approximate surface area is 120 Å². The summed E-state index contributed by atoms with van der Waals surface area (Å²) in [7, 11) is 0. The Morgan fingerprint density at radius 2 is 2.15 bits per heavy atom. The summed E-state index contributed by atoms with van der Waals surface area (Å²) in [6.07, 6.45) is 1.93. The molecule has 6 heteroatoms. The lowest BCUT2D eigenvalue weighted by Gasteiger charge is -2.09. The Morgan fingerprint density at radius 3 is 2.80 bits per heavy atom. The fraction of sp³-hybridized carbons (Fsp3) is 0.286. The van der Waals surface area contributed by atoms with Crippen molar-refractivity contribution in [2.45, 2.75) is 19.8 Å². The summed E-state index contributed by atoms with van der Waals surface area (Å²) in [5.41, 5.74) is -0.465. The summed E-state index contributed by atoms with van der Waals surface area (Å²) in [5, 5.41) is 19.8. The van der Waals surface area contributed by atoms with E-state index in [0.29, 0.717) is 23.1 Å². The van der Waals surface area contributed by atoms with E-state index in [1.165, 1.54) is 0 Å². The SMILES string of the molecule is CCCCOc1ccc2c(Cl)nc(C(=O)O)c(O)c2c1. The molecule has 0 aliphatic rings. The molecule has 0 saturated carbocycles. The van der Waals surface area contributed by atoms with Gasteiger partial charge in [-0.25, -0.2) is 9.78 Å². The molecule has 0 saturated heterocycles. The van der Waals surface area contributed by atoms with Crippen LogP contribution in [0.3, 0.4) is 0 Å². The number of nitrogens with zero attached hydrogens (tertiary/aromatic N) is 1. The van der Waals surface area contributed by atoms with Crippen molar-refractivity contribution in [1.82, 2.24) is 4.98 Å². The van der Waals surface area contributed by atoms with Crippen molar-refractivity contribution in [3.8, 4) is 11.5 Å². The molecular formula is C14H14ClNO4. The molecule has 0 atom stereocenters. The van der Waals surface area contributed by atoms with Crippen LogP contribution in [0, 0.1) is 0 Å². The molecular weight excluding hydrogens is 282 g/mol. The molecule has 0 aliphatic heterocycles. The summed E-state index contributed by atoms with van der Waals surface area (Å²) in [4.78, 5) is 14.7. The van der Waals surface area contributed by atoms with Gasteiger partial charge in [0.1, 0.15) is 10.9 Å². The average Bonchev–Trinajstić information content (AvgIpc) is 2.42. The van der Waals surface area contributed by atoms with Crippen molar-refractivity contribution < 1.29 is 19.7 Å². The Kier molecular flexibility index (Phi) is 4.29. The highest BCUT2D eigenvalue weighted by molar-refractivity contribution is 6.34. The number of aromatic nitrogens is 1. The van der Waals surface area contributed by atoms with Crippen molar-refractivity contribution in [3.05, 3.63) is 29.0 Å². The number of unbranched alkanes of at least 4 members (excludes halogenated alkanes) is 1. The summed E-state index contributed by atoms with van der Waals surface area (Å²) >= 11 is 5.93. The van der Waals surface area contributed by atoms with Gasteiger partial charge in [0.15, 0.2) is 11.4 Å². The number of carboxylic acid groups (broad SMARTS) is 1. The van der Waals surface area contributed by atoms with E-state index in [0.717, 1.165) is 12.8 Å². The highest BCUT2D eigenvalue weighted by Crippen LogP contribution is 2.34. The maximum absolute atomic E-state index is 11.0. The van der Waals surface area contributed by atoms with Gasteiger partial charge in [0.05, 0.1) is 6.61 Å². The van der Waals surface area contributed by atoms with Crippen LogP contribution in [0.15, 0.2) is 18.2 Å². The van der Waals surface area contributed by atoms with Crippen LogP contribution in [0.4, 0.5) is 0 Å². The number of rotatable bonds is 5. The molecule has 2 rings (SSSR count). The van der Waals surface area contributed by atoms with Gasteiger partial charge in [-0.3, -0.25) is 0 Å². The molecule has 0 bridgehead atoms. The number of benzene rings is 1. The van der Waals surface area contributed by atoms with Gasteiger partial charge in [-0.15, -0.1) is 0 Å². The van der Waals surface area contributed by atoms with E-state index < -0.39 is 17.4 Å². The lowest BCUT2D eigenvalue weighted by molar-refractivity contribution is 0.0687. The second-order valence-corrected chi connectivity index (χ2v) is 4.67. The van der Waals surface area contributed by atoms with E-state index in [2.05, 4.69) is 11.9 Å². The van der Waals surface area contributed by atoms with Crippen LogP contribution in [0.1, 0.15) is 30.3 Å². The zero-order valence-electron chi connectivity index (χ0n) is 10.9. The zero-order valence-corrected chi connectivity index (χ0v) is 11.6. The molecule has 106 valence electrons. The first kappa shape index (κ1) is 14.4. The lowest BCUT2D eigenvalue weighted by atomic mass is 10.1. The van der Waals surface area contributed by atoms with Crippen LogP contribution in [-0.2, 0) is 0 Å². The third kappa shape index (κ3) is 2.77. The third-order valence-corrected chi connectivity index (χ3v) is 3.16. The minimum absolute atomic E-state index is 0.0373. The topological polar surface area (TPSA) is 79.7 Å². The maximum atomic E-state index is 11.0. The predicted molar refractivity (Wildman–Crippen MR) is 75.8 cm³/mol. The Balaban J connectivity index is 2.49. The Bertz CT molecular complexity index is 657. The molecule has 0 radical (unpaired) electrons. The van der Waals surface area contributed by atoms with Gasteiger partial charge in [-0.1, -0.05) is 24.9 Å². The van der Waals surface area contributed by atoms with E-state index >= 15 is 0 Å². The van der Waals surface area contributed by atoms with Crippen LogP contribution in [0.2, 0.25) is 5.15 Å². The van der Waals surface area contributed by atoms with E-state index in [9.17, 15) is 9.90 Å². The van der Waals surface area contributed by atoms with E-state index in [1.807, 2.05) is 0 Å². The minimum atomic E-state index is -1.33. The fourth-order valence-electron chi connectivity index (χ4n) is 1.81. The van der Waals surface area contributed by atoms with Crippen molar-refractivity contribution in [2.24, 2.45) is 0 Å². The quantitative estimate of drug-likeness (QED) is 0.652. The van der Waals surface area contributed by atoms with Gasteiger partial charge >= 0.3 is 5.97 Å². The summed E-state index contributed by atoms with van der Waals surface area (Å²) in [6, 6.07) is 4.93. The van der Waals surface area contributed by atoms with Crippen LogP contribution in [0.25, 0.3) is 10.8 Å². The van der Waals surface area contributed by atoms with Crippen LogP contribution < -0.4 is 4.74 Å². The highest BCUT2D eigenvalue weighted by Gasteiger charge is 2.18. The van der Waals surface area contributed by atoms with Crippen LogP contribution in [0.5, 0.6) is 11.5 Å². The summed E-state index contributed by atoms with van der Waals surface area (Å²) < 4.78 is 5.53. The maximum Gasteiger partial charge on any atom is 0.358 e. The zero-order chi connectivity index (χ0) is 14.7. The van der Waals surface area contributed by atoms with Gasteiger partial charge in [0.2, 0.25) is 0 Å². The molecule has 2 aromatic rings. The molecule has 2 N–H and O–H groups in total. The average molecular weight is 296 g/mol. The van der Waals surface area contributed by atoms with Gasteiger partial charge in [-0.05, 0) is 24.6 Å². The van der Waals surface area contributed by atoms with Crippen molar-refractivity contribution in [2.75, 3.05) is 6.61 Å². The first-order valence-electron chi connectivity index (χ1n) is 6.23. The molecule has 20 heavy (non-hydrogen) atoms. The molecule has 1 aromatic heterocycles. The number of carboxylic acids is 1. The largest absolute Gasteiger partial charge is 0.505 e. The van der Waals surface area contributed by atoms with E-state index in [1.54, 1.807) is 18.2 Å². The number of fused-ring (bicyclic) bond motifs is 1. The fourth-order valence-corrected chi connectivity index (χ4v) is 2.06. The lowest BCUT2D eigenvalue weighted by Crippen LogP contribution is -2.02. The van der Waals surface area contributed by atoms with Gasteiger partial charge in [0, 0.05) is 10.8 Å². The second kappa shape index (κ2) is 5.96. The molecule has 0 aliphatic carbocycles. The number of hydrogen-bond donors (Lipinski definition) is 2. The van der Waals surface area contributed by atoms with Crippen molar-refractivity contribution in [3.63, 3.8) is 0 Å². The number of aromatic hydroxyl groups is 1. The third-order valence-electron chi connectivity index (χ3n) is 2.87. The molecule has 0 fully saturated rings. The van der Waals surface area contributed by atoms with Crippen LogP contribution >= 0.6 is 11.6 Å². The smallest absolute Gasteiger partial charge is 0.358 e. The monoisotopic (exact) mass is 295 g/mol. The van der Waals surface area contributed by atoms with Gasteiger partial charge in [-0.2, -0.15) is 0 Å². The second-order valence-electron chi connectivity index (χ2n) is 4.31. The minimum Gasteiger partial charge on any atom is -0.505 e. The predicted octanol–water partition coefficient (Wildman–Crippen LogP) is 3.47. The molecule has 1 aromatic carbocycles. The van der Waals surface area contributed by atoms with E-state index in [4.69, 9.17) is 21.4 Å². The number of pyridine rings is 1. The number of ether oxygens (including phenoxy) is 1. The molecule has 0 spiro atoms. The van der Waals surface area contributed by atoms with Crippen molar-refractivity contribution in [1.29, 1.82) is 0 Å². The summed E-state index contributed by atoms with van der Waals surface area (Å²) in [6.45, 7) is 2.62. The number of aromatic carboxylic acids is 1. The Hall–Kier alpha value is -2.01. The molecule has 0 unspecified atom stereocenters. The highest BCUT2D eigenvalue weighted by atomic mass is 35.5. The summed E-state index contributed by atoms with van der Waals surface area (Å²) in [5.74, 6) is -1.18. The number of halogens is 1. The first-order chi connectivity index (χ1) is 9.54. The molecule has 5 nitrogen and oxygen atoms in total. The number of carbonyl (C=O) groups is 1. The normalized spacial score (nSPS) is 10.7. The van der Waals surface area contributed by atoms with Gasteiger partial charge < -0.3 is 14.9 Å². The standard InChI is InChI=1S/C14H14ClNO4/c1-2-3-6-20-8-4-5-9-10(7-8)12(17)11(14(18)19)16-13(9)15/h4-5,7,17H,2-3,6H2,1H3,(H,18,19). The molecule has 1 heterocycles. The first-order valence-corrected chi connectivity index (χ1v) is 6.60. The van der Waals surface area contributed by atoms with Gasteiger partial charge in [0.25, 0.3) is 0 Å². The number of hydrogen-bond acceptors (Lipinski definition) is 4. The molecule has 0 amide bonds. The Morgan fingerprint density at radius 1 is 1.40 bits per heavy atom. The van der Waals surface area contributed by atoms with E-state index in [-0.39, 0.29) is 5.15 Å². The van der Waals surface area contributed by atoms with Crippen molar-refractivity contribution >= 4 is 28.3 Å².